The van der Waals surface area contributed by atoms with Gasteiger partial charge in [0.05, 0.1) is 24.4 Å². The molecule has 0 unspecified atom stereocenters. The molecular weight excluding hydrogens is 230 g/mol. The minimum absolute atomic E-state index is 0.0725. The molecule has 0 aromatic heterocycles. The first-order valence-corrected chi connectivity index (χ1v) is 6.13. The number of ether oxygens (including phenoxy) is 2. The molecule has 2 aliphatic rings. The topological polar surface area (TPSA) is 38.8 Å². The quantitative estimate of drug-likeness (QED) is 0.702. The van der Waals surface area contributed by atoms with Gasteiger partial charge in [0.1, 0.15) is 12.4 Å². The first-order valence-electron chi connectivity index (χ1n) is 6.13. The second-order valence-corrected chi connectivity index (χ2v) is 4.42. The molecule has 0 aliphatic carbocycles. The maximum atomic E-state index is 12.3. The van der Waals surface area contributed by atoms with E-state index in [4.69, 9.17) is 9.47 Å². The third-order valence-electron chi connectivity index (χ3n) is 3.19. The van der Waals surface area contributed by atoms with Gasteiger partial charge in [0.25, 0.3) is 0 Å². The highest BCUT2D eigenvalue weighted by atomic mass is 16.5. The molecule has 2 aliphatic heterocycles. The fourth-order valence-corrected chi connectivity index (χ4v) is 2.20. The third-order valence-corrected chi connectivity index (χ3v) is 3.19. The second-order valence-electron chi connectivity index (χ2n) is 4.42. The Morgan fingerprint density at radius 1 is 1.17 bits per heavy atom. The van der Waals surface area contributed by atoms with E-state index in [-0.39, 0.29) is 5.78 Å². The molecule has 4 nitrogen and oxygen atoms in total. The van der Waals surface area contributed by atoms with Crippen LogP contribution in [0.3, 0.4) is 0 Å². The highest BCUT2D eigenvalue weighted by molar-refractivity contribution is 6.11. The fourth-order valence-electron chi connectivity index (χ4n) is 2.20. The van der Waals surface area contributed by atoms with Crippen molar-refractivity contribution in [1.82, 2.24) is 4.90 Å². The van der Waals surface area contributed by atoms with E-state index < -0.39 is 0 Å². The van der Waals surface area contributed by atoms with Gasteiger partial charge in [0.2, 0.25) is 0 Å². The Hall–Kier alpha value is -1.81. The molecule has 2 heterocycles. The normalized spacial score (nSPS) is 21.7. The summed E-state index contributed by atoms with van der Waals surface area (Å²) < 4.78 is 10.9. The number of nitrogens with zero attached hydrogens (tertiary/aromatic N) is 1. The van der Waals surface area contributed by atoms with E-state index in [0.717, 1.165) is 31.9 Å². The average Bonchev–Trinajstić information content (AvgIpc) is 2.43. The zero-order valence-electron chi connectivity index (χ0n) is 10.1. The number of hydrogen-bond donors (Lipinski definition) is 0. The van der Waals surface area contributed by atoms with Gasteiger partial charge in [-0.3, -0.25) is 4.79 Å². The van der Waals surface area contributed by atoms with E-state index in [2.05, 4.69) is 4.90 Å². The zero-order valence-corrected chi connectivity index (χ0v) is 10.1. The van der Waals surface area contributed by atoms with E-state index in [9.17, 15) is 4.79 Å². The molecule has 0 spiro atoms. The summed E-state index contributed by atoms with van der Waals surface area (Å²) in [7, 11) is 0. The number of para-hydroxylation sites is 1. The van der Waals surface area contributed by atoms with Gasteiger partial charge < -0.3 is 14.4 Å². The van der Waals surface area contributed by atoms with E-state index in [0.29, 0.717) is 17.9 Å². The van der Waals surface area contributed by atoms with E-state index >= 15 is 0 Å². The molecule has 0 saturated carbocycles. The summed E-state index contributed by atoms with van der Waals surface area (Å²) in [6.45, 7) is 3.45. The molecule has 94 valence electrons. The third kappa shape index (κ3) is 2.11. The number of carbonyl (C=O) groups excluding carboxylic acids is 1. The molecule has 3 rings (SSSR count). The number of morpholine rings is 1. The Bertz CT molecular complexity index is 490. The maximum Gasteiger partial charge on any atom is 0.197 e. The summed E-state index contributed by atoms with van der Waals surface area (Å²) in [5.74, 6) is 0.755. The Labute approximate surface area is 106 Å². The molecule has 1 aromatic carbocycles. The van der Waals surface area contributed by atoms with Crippen molar-refractivity contribution in [3.8, 4) is 5.75 Å². The first-order chi connectivity index (χ1) is 8.84. The Morgan fingerprint density at radius 3 is 2.78 bits per heavy atom. The van der Waals surface area contributed by atoms with Crippen LogP contribution >= 0.6 is 0 Å². The number of benzene rings is 1. The van der Waals surface area contributed by atoms with Crippen molar-refractivity contribution in [3.63, 3.8) is 0 Å². The average molecular weight is 245 g/mol. The van der Waals surface area contributed by atoms with Crippen LogP contribution in [0, 0.1) is 0 Å². The van der Waals surface area contributed by atoms with Gasteiger partial charge in [-0.05, 0) is 12.1 Å². The molecule has 0 N–H and O–H groups in total. The van der Waals surface area contributed by atoms with E-state index in [1.54, 1.807) is 0 Å². The Morgan fingerprint density at radius 2 is 1.94 bits per heavy atom. The summed E-state index contributed by atoms with van der Waals surface area (Å²) in [5, 5.41) is 0. The van der Waals surface area contributed by atoms with E-state index in [1.165, 1.54) is 0 Å². The summed E-state index contributed by atoms with van der Waals surface area (Å²) in [6, 6.07) is 7.38. The highest BCUT2D eigenvalue weighted by Crippen LogP contribution is 2.26. The molecular formula is C14H15NO3. The van der Waals surface area contributed by atoms with E-state index in [1.807, 2.05) is 30.5 Å². The monoisotopic (exact) mass is 245 g/mol. The molecule has 0 bridgehead atoms. The molecule has 0 amide bonds. The molecule has 1 aromatic rings. The van der Waals surface area contributed by atoms with Gasteiger partial charge >= 0.3 is 0 Å². The lowest BCUT2D eigenvalue weighted by Gasteiger charge is -2.27. The Balaban J connectivity index is 1.83. The lowest BCUT2D eigenvalue weighted by molar-refractivity contribution is 0.0583. The molecule has 0 radical (unpaired) electrons. The van der Waals surface area contributed by atoms with Crippen molar-refractivity contribution in [2.75, 3.05) is 32.9 Å². The second kappa shape index (κ2) is 4.82. The van der Waals surface area contributed by atoms with Gasteiger partial charge in [0, 0.05) is 19.3 Å². The van der Waals surface area contributed by atoms with Crippen LogP contribution < -0.4 is 4.74 Å². The summed E-state index contributed by atoms with van der Waals surface area (Å²) >= 11 is 0. The molecule has 0 atom stereocenters. The molecule has 18 heavy (non-hydrogen) atoms. The largest absolute Gasteiger partial charge is 0.488 e. The van der Waals surface area contributed by atoms with Crippen LogP contribution in [0.15, 0.2) is 36.0 Å². The van der Waals surface area contributed by atoms with Crippen LogP contribution in [-0.4, -0.2) is 43.6 Å². The van der Waals surface area contributed by atoms with Crippen LogP contribution in [0.25, 0.3) is 0 Å². The Kier molecular flexibility index (Phi) is 3.02. The predicted octanol–water partition coefficient (Wildman–Crippen LogP) is 1.48. The summed E-state index contributed by atoms with van der Waals surface area (Å²) in [4.78, 5) is 14.4. The van der Waals surface area contributed by atoms with Crippen molar-refractivity contribution in [2.24, 2.45) is 0 Å². The fraction of sp³-hybridized carbons (Fsp3) is 0.357. The van der Waals surface area contributed by atoms with Crippen LogP contribution in [0.2, 0.25) is 0 Å². The predicted molar refractivity (Wildman–Crippen MR) is 66.7 cm³/mol. The molecule has 4 heteroatoms. The minimum atomic E-state index is 0.0725. The number of rotatable bonds is 1. The number of hydrogen-bond acceptors (Lipinski definition) is 4. The van der Waals surface area contributed by atoms with Gasteiger partial charge in [-0.25, -0.2) is 0 Å². The van der Waals surface area contributed by atoms with Gasteiger partial charge in [-0.15, -0.1) is 0 Å². The van der Waals surface area contributed by atoms with Gasteiger partial charge in [0.15, 0.2) is 5.78 Å². The zero-order chi connectivity index (χ0) is 12.4. The van der Waals surface area contributed by atoms with Gasteiger partial charge in [-0.2, -0.15) is 0 Å². The standard InChI is InChI=1S/C14H15NO3/c16-14-11(9-15-5-7-17-8-6-15)10-18-13-4-2-1-3-12(13)14/h1-4,9H,5-8,10H2/b11-9+. The lowest BCUT2D eigenvalue weighted by Crippen LogP contribution is -2.33. The van der Waals surface area contributed by atoms with Crippen LogP contribution in [0.5, 0.6) is 5.75 Å². The van der Waals surface area contributed by atoms with Gasteiger partial charge in [-0.1, -0.05) is 12.1 Å². The van der Waals surface area contributed by atoms with Crippen molar-refractivity contribution >= 4 is 5.78 Å². The van der Waals surface area contributed by atoms with Crippen LogP contribution in [0.1, 0.15) is 10.4 Å². The smallest absolute Gasteiger partial charge is 0.197 e. The van der Waals surface area contributed by atoms with Crippen LogP contribution in [0.4, 0.5) is 0 Å². The number of Topliss-reactive ketones (excluding diaryl/α,β-unsaturated/α-hetero) is 1. The molecule has 1 fully saturated rings. The lowest BCUT2D eigenvalue weighted by atomic mass is 10.0. The number of fused-ring (bicyclic) bond motifs is 1. The van der Waals surface area contributed by atoms with Crippen LogP contribution in [-0.2, 0) is 4.74 Å². The van der Waals surface area contributed by atoms with Crippen molar-refractivity contribution < 1.29 is 14.3 Å². The molecule has 1 saturated heterocycles. The SMILES string of the molecule is O=C1/C(=C/N2CCOCC2)COc2ccccc21. The van der Waals surface area contributed by atoms with Crippen molar-refractivity contribution in [2.45, 2.75) is 0 Å². The summed E-state index contributed by atoms with van der Waals surface area (Å²) in [5.41, 5.74) is 1.37. The minimum Gasteiger partial charge on any atom is -0.488 e. The highest BCUT2D eigenvalue weighted by Gasteiger charge is 2.23. The number of ketones is 1. The first kappa shape index (κ1) is 11.3. The maximum absolute atomic E-state index is 12.3. The van der Waals surface area contributed by atoms with Crippen molar-refractivity contribution in [1.29, 1.82) is 0 Å². The summed E-state index contributed by atoms with van der Waals surface area (Å²) in [6.07, 6.45) is 1.92. The number of carbonyl (C=O) groups is 1. The van der Waals surface area contributed by atoms with Crippen molar-refractivity contribution in [3.05, 3.63) is 41.6 Å².